The predicted octanol–water partition coefficient (Wildman–Crippen LogP) is 3.41. The van der Waals surface area contributed by atoms with Crippen LogP contribution >= 0.6 is 0 Å². The van der Waals surface area contributed by atoms with Gasteiger partial charge in [0.15, 0.2) is 0 Å². The molecule has 0 aromatic carbocycles. The second kappa shape index (κ2) is 11.0. The van der Waals surface area contributed by atoms with Gasteiger partial charge in [0.1, 0.15) is 0 Å². The molecule has 92 valence electrons. The van der Waals surface area contributed by atoms with Crippen LogP contribution in [0, 0.1) is 11.3 Å². The first kappa shape index (κ1) is 15.5. The van der Waals surface area contributed by atoms with Crippen LogP contribution in [0.25, 0.3) is 0 Å². The number of unbranched alkanes of at least 4 members (excludes halogenated alkanes) is 2. The number of nitrogens with zero attached hydrogens (tertiary/aromatic N) is 1. The number of hydrogen-bond donors (Lipinski definition) is 0. The van der Waals surface area contributed by atoms with Gasteiger partial charge in [-0.1, -0.05) is 33.6 Å². The lowest BCUT2D eigenvalue weighted by Gasteiger charge is -2.18. The molecule has 0 aliphatic carbocycles. The second-order valence-corrected chi connectivity index (χ2v) is 4.16. The molecule has 0 bridgehead atoms. The number of nitriles is 1. The maximum Gasteiger partial charge on any atom is 0.460 e. The highest BCUT2D eigenvalue weighted by Crippen LogP contribution is 2.16. The fourth-order valence-electron chi connectivity index (χ4n) is 1.30. The quantitative estimate of drug-likeness (QED) is 0.422. The van der Waals surface area contributed by atoms with E-state index in [1.807, 2.05) is 6.92 Å². The van der Waals surface area contributed by atoms with Crippen LogP contribution in [-0.4, -0.2) is 20.3 Å². The first-order valence-electron chi connectivity index (χ1n) is 6.36. The maximum atomic E-state index is 8.67. The zero-order valence-electron chi connectivity index (χ0n) is 10.9. The molecule has 0 saturated heterocycles. The van der Waals surface area contributed by atoms with Crippen LogP contribution in [0.2, 0.25) is 5.82 Å². The molecule has 0 spiro atoms. The molecule has 0 fully saturated rings. The Bertz CT molecular complexity index is 184. The van der Waals surface area contributed by atoms with E-state index in [1.54, 1.807) is 0 Å². The Morgan fingerprint density at radius 1 is 1.12 bits per heavy atom. The summed E-state index contributed by atoms with van der Waals surface area (Å²) < 4.78 is 11.3. The topological polar surface area (TPSA) is 42.2 Å². The summed E-state index contributed by atoms with van der Waals surface area (Å²) >= 11 is 0. The zero-order valence-corrected chi connectivity index (χ0v) is 10.9. The van der Waals surface area contributed by atoms with Gasteiger partial charge >= 0.3 is 7.12 Å². The molecule has 0 aliphatic heterocycles. The van der Waals surface area contributed by atoms with Crippen LogP contribution < -0.4 is 0 Å². The van der Waals surface area contributed by atoms with E-state index in [9.17, 15) is 0 Å². The minimum Gasteiger partial charge on any atom is -0.411 e. The summed E-state index contributed by atoms with van der Waals surface area (Å²) in [4.78, 5) is 0. The Morgan fingerprint density at radius 3 is 2.00 bits per heavy atom. The van der Waals surface area contributed by atoms with Crippen molar-refractivity contribution in [1.29, 1.82) is 5.26 Å². The molecule has 0 saturated carbocycles. The van der Waals surface area contributed by atoms with Crippen LogP contribution in [-0.2, 0) is 9.31 Å². The molecular formula is C12H24BNO2. The van der Waals surface area contributed by atoms with E-state index in [2.05, 4.69) is 19.9 Å². The van der Waals surface area contributed by atoms with Crippen molar-refractivity contribution in [3.05, 3.63) is 0 Å². The van der Waals surface area contributed by atoms with Crippen molar-refractivity contribution in [3.8, 4) is 6.07 Å². The second-order valence-electron chi connectivity index (χ2n) is 4.16. The van der Waals surface area contributed by atoms with E-state index in [0.717, 1.165) is 38.9 Å². The van der Waals surface area contributed by atoms with Crippen LogP contribution in [0.1, 0.15) is 52.9 Å². The Labute approximate surface area is 100 Å². The van der Waals surface area contributed by atoms with E-state index < -0.39 is 0 Å². The SMILES string of the molecule is CCCCOB(OCCCC)C(C)CC#N. The van der Waals surface area contributed by atoms with E-state index in [4.69, 9.17) is 14.6 Å². The van der Waals surface area contributed by atoms with Crippen molar-refractivity contribution in [2.24, 2.45) is 0 Å². The van der Waals surface area contributed by atoms with Crippen molar-refractivity contribution < 1.29 is 9.31 Å². The van der Waals surface area contributed by atoms with Crippen molar-refractivity contribution in [2.45, 2.75) is 58.7 Å². The van der Waals surface area contributed by atoms with Crippen molar-refractivity contribution in [3.63, 3.8) is 0 Å². The van der Waals surface area contributed by atoms with Gasteiger partial charge in [-0.15, -0.1) is 0 Å². The van der Waals surface area contributed by atoms with E-state index in [1.165, 1.54) is 0 Å². The number of hydrogen-bond acceptors (Lipinski definition) is 3. The van der Waals surface area contributed by atoms with Gasteiger partial charge < -0.3 is 9.31 Å². The molecule has 0 N–H and O–H groups in total. The summed E-state index contributed by atoms with van der Waals surface area (Å²) in [5.41, 5.74) is 0. The van der Waals surface area contributed by atoms with Gasteiger partial charge in [0.25, 0.3) is 0 Å². The fourth-order valence-corrected chi connectivity index (χ4v) is 1.30. The highest BCUT2D eigenvalue weighted by atomic mass is 16.6. The summed E-state index contributed by atoms with van der Waals surface area (Å²) in [6.07, 6.45) is 4.82. The molecule has 0 aliphatic rings. The Hall–Kier alpha value is -0.525. The molecule has 0 rings (SSSR count). The van der Waals surface area contributed by atoms with E-state index in [0.29, 0.717) is 6.42 Å². The molecule has 4 heteroatoms. The third kappa shape index (κ3) is 7.73. The molecule has 0 aromatic rings. The lowest BCUT2D eigenvalue weighted by Crippen LogP contribution is -2.28. The lowest BCUT2D eigenvalue weighted by atomic mass is 9.71. The third-order valence-corrected chi connectivity index (χ3v) is 2.44. The van der Waals surface area contributed by atoms with Crippen molar-refractivity contribution >= 4 is 7.12 Å². The standard InChI is InChI=1S/C12H24BNO2/c1-4-6-10-15-13(12(3)8-9-14)16-11-7-5-2/h12H,4-8,10-11H2,1-3H3. The summed E-state index contributed by atoms with van der Waals surface area (Å²) in [7, 11) is -0.210. The highest BCUT2D eigenvalue weighted by Gasteiger charge is 2.25. The van der Waals surface area contributed by atoms with Gasteiger partial charge in [-0.3, -0.25) is 0 Å². The van der Waals surface area contributed by atoms with Crippen LogP contribution in [0.15, 0.2) is 0 Å². The smallest absolute Gasteiger partial charge is 0.411 e. The third-order valence-electron chi connectivity index (χ3n) is 2.44. The molecule has 1 unspecified atom stereocenters. The summed E-state index contributed by atoms with van der Waals surface area (Å²) in [6, 6.07) is 2.17. The van der Waals surface area contributed by atoms with Gasteiger partial charge in [-0.05, 0) is 12.8 Å². The van der Waals surface area contributed by atoms with Crippen LogP contribution in [0.3, 0.4) is 0 Å². The van der Waals surface area contributed by atoms with E-state index in [-0.39, 0.29) is 12.9 Å². The lowest BCUT2D eigenvalue weighted by molar-refractivity contribution is 0.184. The first-order valence-corrected chi connectivity index (χ1v) is 6.36. The van der Waals surface area contributed by atoms with Crippen LogP contribution in [0.4, 0.5) is 0 Å². The summed E-state index contributed by atoms with van der Waals surface area (Å²) in [5, 5.41) is 8.67. The minimum atomic E-state index is -0.210. The summed E-state index contributed by atoms with van der Waals surface area (Å²) in [5.74, 6) is 0.152. The Kier molecular flexibility index (Phi) is 10.6. The molecule has 16 heavy (non-hydrogen) atoms. The molecular weight excluding hydrogens is 201 g/mol. The average Bonchev–Trinajstić information content (AvgIpc) is 2.28. The Balaban J connectivity index is 3.90. The molecule has 0 amide bonds. The maximum absolute atomic E-state index is 8.67. The molecule has 3 nitrogen and oxygen atoms in total. The first-order chi connectivity index (χ1) is 7.76. The fraction of sp³-hybridized carbons (Fsp3) is 0.917. The zero-order chi connectivity index (χ0) is 12.2. The largest absolute Gasteiger partial charge is 0.460 e. The Morgan fingerprint density at radius 2 is 1.62 bits per heavy atom. The van der Waals surface area contributed by atoms with Crippen molar-refractivity contribution in [1.82, 2.24) is 0 Å². The summed E-state index contributed by atoms with van der Waals surface area (Å²) in [6.45, 7) is 7.72. The monoisotopic (exact) mass is 225 g/mol. The highest BCUT2D eigenvalue weighted by molar-refractivity contribution is 6.46. The van der Waals surface area contributed by atoms with Crippen molar-refractivity contribution in [2.75, 3.05) is 13.2 Å². The molecule has 0 heterocycles. The minimum absolute atomic E-state index is 0.152. The molecule has 0 radical (unpaired) electrons. The van der Waals surface area contributed by atoms with Gasteiger partial charge in [0.2, 0.25) is 0 Å². The average molecular weight is 225 g/mol. The predicted molar refractivity (Wildman–Crippen MR) is 67.1 cm³/mol. The van der Waals surface area contributed by atoms with Crippen LogP contribution in [0.5, 0.6) is 0 Å². The van der Waals surface area contributed by atoms with Gasteiger partial charge in [0, 0.05) is 25.5 Å². The van der Waals surface area contributed by atoms with E-state index >= 15 is 0 Å². The van der Waals surface area contributed by atoms with Gasteiger partial charge in [0.05, 0.1) is 6.07 Å². The number of rotatable bonds is 10. The van der Waals surface area contributed by atoms with Gasteiger partial charge in [-0.25, -0.2) is 0 Å². The van der Waals surface area contributed by atoms with Gasteiger partial charge in [-0.2, -0.15) is 5.26 Å². The normalized spacial score (nSPS) is 12.1. The molecule has 1 atom stereocenters. The molecule has 0 aromatic heterocycles.